The zero-order valence-corrected chi connectivity index (χ0v) is 16.6. The van der Waals surface area contributed by atoms with Crippen molar-refractivity contribution in [3.05, 3.63) is 45.7 Å². The molecule has 0 spiro atoms. The van der Waals surface area contributed by atoms with Gasteiger partial charge in [0.15, 0.2) is 0 Å². The van der Waals surface area contributed by atoms with Gasteiger partial charge >= 0.3 is 5.97 Å². The Hall–Kier alpha value is -1.31. The maximum atomic E-state index is 12.7. The van der Waals surface area contributed by atoms with Gasteiger partial charge in [-0.1, -0.05) is 22.0 Å². The molecule has 2 rings (SSSR count). The summed E-state index contributed by atoms with van der Waals surface area (Å²) < 4.78 is 5.70. The van der Waals surface area contributed by atoms with Crippen molar-refractivity contribution < 1.29 is 14.3 Å². The molecule has 1 amide bonds. The van der Waals surface area contributed by atoms with E-state index in [9.17, 15) is 9.59 Å². The highest BCUT2D eigenvalue weighted by Crippen LogP contribution is 2.30. The van der Waals surface area contributed by atoms with Crippen LogP contribution in [0.5, 0.6) is 0 Å². The van der Waals surface area contributed by atoms with Crippen LogP contribution < -0.4 is 5.32 Å². The van der Waals surface area contributed by atoms with E-state index < -0.39 is 12.0 Å². The number of amides is 1. The average Bonchev–Trinajstić information content (AvgIpc) is 3.12. The Bertz CT molecular complexity index is 704. The third-order valence-corrected chi connectivity index (χ3v) is 5.45. The summed E-state index contributed by atoms with van der Waals surface area (Å²) >= 11 is 6.63. The summed E-state index contributed by atoms with van der Waals surface area (Å²) in [7, 11) is 1.33. The molecule has 0 bridgehead atoms. The zero-order chi connectivity index (χ0) is 17.5. The van der Waals surface area contributed by atoms with Gasteiger partial charge in [-0.2, -0.15) is 11.8 Å². The molecule has 0 aliphatic carbocycles. The van der Waals surface area contributed by atoms with Crippen molar-refractivity contribution in [2.24, 2.45) is 0 Å². The first-order valence-electron chi connectivity index (χ1n) is 7.28. The van der Waals surface area contributed by atoms with E-state index in [2.05, 4.69) is 21.2 Å². The van der Waals surface area contributed by atoms with E-state index >= 15 is 0 Å². The number of carbonyl (C=O) groups excluding carboxylic acids is 2. The number of rotatable bonds is 7. The van der Waals surface area contributed by atoms with Gasteiger partial charge in [0.25, 0.3) is 5.91 Å². The minimum atomic E-state index is -0.644. The highest BCUT2D eigenvalue weighted by Gasteiger charge is 2.23. The smallest absolute Gasteiger partial charge is 0.328 e. The van der Waals surface area contributed by atoms with Crippen molar-refractivity contribution >= 4 is 50.9 Å². The molecule has 0 aliphatic heterocycles. The minimum Gasteiger partial charge on any atom is -0.467 e. The molecule has 2 aromatic rings. The van der Waals surface area contributed by atoms with E-state index in [-0.39, 0.29) is 5.91 Å². The standard InChI is InChI=1S/C17H18BrNO3S2/c1-22-17(21)14(7-9-23-2)19-16(20)12-6-5-11(18)10-13(12)15-4-3-8-24-15/h3-6,8,10,14H,7,9H2,1-2H3,(H,19,20)/t14-/m0/s1. The van der Waals surface area contributed by atoms with Crippen LogP contribution in [0.1, 0.15) is 16.8 Å². The van der Waals surface area contributed by atoms with Gasteiger partial charge in [-0.25, -0.2) is 4.79 Å². The van der Waals surface area contributed by atoms with Crippen LogP contribution in [0.15, 0.2) is 40.2 Å². The first-order valence-corrected chi connectivity index (χ1v) is 10.3. The maximum absolute atomic E-state index is 12.7. The quantitative estimate of drug-likeness (QED) is 0.672. The van der Waals surface area contributed by atoms with Crippen LogP contribution in [0.25, 0.3) is 10.4 Å². The lowest BCUT2D eigenvalue weighted by Gasteiger charge is -2.17. The number of ether oxygens (including phenoxy) is 1. The molecule has 0 saturated carbocycles. The third kappa shape index (κ3) is 4.84. The summed E-state index contributed by atoms with van der Waals surface area (Å²) in [4.78, 5) is 25.6. The van der Waals surface area contributed by atoms with Gasteiger partial charge in [0.2, 0.25) is 0 Å². The van der Waals surface area contributed by atoms with Crippen molar-refractivity contribution in [2.75, 3.05) is 19.1 Å². The van der Waals surface area contributed by atoms with Crippen LogP contribution in [0, 0.1) is 0 Å². The Labute approximate surface area is 158 Å². The number of hydrogen-bond acceptors (Lipinski definition) is 5. The predicted molar refractivity (Wildman–Crippen MR) is 104 cm³/mol. The summed E-state index contributed by atoms with van der Waals surface area (Å²) in [5.41, 5.74) is 1.38. The van der Waals surface area contributed by atoms with E-state index in [0.717, 1.165) is 20.7 Å². The topological polar surface area (TPSA) is 55.4 Å². The molecule has 0 saturated heterocycles. The Morgan fingerprint density at radius 2 is 2.17 bits per heavy atom. The summed E-state index contributed by atoms with van der Waals surface area (Å²) in [5.74, 6) is 0.0626. The SMILES string of the molecule is COC(=O)[C@H](CCSC)NC(=O)c1ccc(Br)cc1-c1cccs1. The monoisotopic (exact) mass is 427 g/mol. The zero-order valence-electron chi connectivity index (χ0n) is 13.4. The maximum Gasteiger partial charge on any atom is 0.328 e. The molecule has 0 radical (unpaired) electrons. The molecule has 1 heterocycles. The molecule has 0 aliphatic rings. The molecule has 7 heteroatoms. The highest BCUT2D eigenvalue weighted by molar-refractivity contribution is 9.10. The van der Waals surface area contributed by atoms with Gasteiger partial charge in [-0.05, 0) is 48.1 Å². The summed E-state index contributed by atoms with van der Waals surface area (Å²) in [6.07, 6.45) is 2.49. The summed E-state index contributed by atoms with van der Waals surface area (Å²) in [6, 6.07) is 8.76. The lowest BCUT2D eigenvalue weighted by Crippen LogP contribution is -2.42. The Morgan fingerprint density at radius 3 is 2.79 bits per heavy atom. The Balaban J connectivity index is 2.27. The Morgan fingerprint density at radius 1 is 1.38 bits per heavy atom. The molecule has 0 fully saturated rings. The second-order valence-corrected chi connectivity index (χ2v) is 7.85. The molecule has 0 unspecified atom stereocenters. The summed E-state index contributed by atoms with van der Waals surface area (Å²) in [5, 5.41) is 4.77. The normalized spacial score (nSPS) is 11.8. The van der Waals surface area contributed by atoms with Crippen molar-refractivity contribution in [1.82, 2.24) is 5.32 Å². The molecule has 1 N–H and O–H groups in total. The van der Waals surface area contributed by atoms with Gasteiger partial charge in [0.1, 0.15) is 6.04 Å². The van der Waals surface area contributed by atoms with E-state index in [4.69, 9.17) is 4.74 Å². The third-order valence-electron chi connectivity index (χ3n) is 3.41. The van der Waals surface area contributed by atoms with Crippen LogP contribution in [0.3, 0.4) is 0 Å². The number of carbonyl (C=O) groups is 2. The lowest BCUT2D eigenvalue weighted by atomic mass is 10.0. The van der Waals surface area contributed by atoms with Crippen molar-refractivity contribution in [2.45, 2.75) is 12.5 Å². The lowest BCUT2D eigenvalue weighted by molar-refractivity contribution is -0.142. The molecule has 1 aromatic heterocycles. The van der Waals surface area contributed by atoms with Crippen LogP contribution >= 0.6 is 39.0 Å². The van der Waals surface area contributed by atoms with E-state index in [1.165, 1.54) is 7.11 Å². The molecule has 1 atom stereocenters. The van der Waals surface area contributed by atoms with Gasteiger partial charge in [-0.3, -0.25) is 4.79 Å². The average molecular weight is 428 g/mol. The Kier molecular flexibility index (Phi) is 7.33. The van der Waals surface area contributed by atoms with Gasteiger partial charge in [-0.15, -0.1) is 11.3 Å². The van der Waals surface area contributed by atoms with Crippen LogP contribution in [-0.2, 0) is 9.53 Å². The van der Waals surface area contributed by atoms with Gasteiger partial charge < -0.3 is 10.1 Å². The number of thioether (sulfide) groups is 1. The van der Waals surface area contributed by atoms with Crippen LogP contribution in [0.2, 0.25) is 0 Å². The van der Waals surface area contributed by atoms with E-state index in [0.29, 0.717) is 12.0 Å². The minimum absolute atomic E-state index is 0.276. The molecular weight excluding hydrogens is 410 g/mol. The first kappa shape index (κ1) is 19.0. The number of thiophene rings is 1. The van der Waals surface area contributed by atoms with Crippen molar-refractivity contribution in [3.8, 4) is 10.4 Å². The fourth-order valence-electron chi connectivity index (χ4n) is 2.21. The fraction of sp³-hybridized carbons (Fsp3) is 0.294. The molecule has 128 valence electrons. The highest BCUT2D eigenvalue weighted by atomic mass is 79.9. The molecule has 1 aromatic carbocycles. The number of nitrogens with one attached hydrogen (secondary N) is 1. The van der Waals surface area contributed by atoms with E-state index in [1.807, 2.05) is 35.9 Å². The molecule has 24 heavy (non-hydrogen) atoms. The number of esters is 1. The number of benzene rings is 1. The number of methoxy groups -OCH3 is 1. The van der Waals surface area contributed by atoms with Crippen LogP contribution in [0.4, 0.5) is 0 Å². The van der Waals surface area contributed by atoms with Crippen molar-refractivity contribution in [1.29, 1.82) is 0 Å². The second kappa shape index (κ2) is 9.25. The molecular formula is C17H18BrNO3S2. The second-order valence-electron chi connectivity index (χ2n) is 5.00. The fourth-order valence-corrected chi connectivity index (χ4v) is 3.80. The van der Waals surface area contributed by atoms with Gasteiger partial charge in [0.05, 0.1) is 7.11 Å². The summed E-state index contributed by atoms with van der Waals surface area (Å²) in [6.45, 7) is 0. The predicted octanol–water partition coefficient (Wildman–Crippen LogP) is 4.20. The first-order chi connectivity index (χ1) is 11.6. The largest absolute Gasteiger partial charge is 0.467 e. The van der Waals surface area contributed by atoms with E-state index in [1.54, 1.807) is 29.2 Å². The van der Waals surface area contributed by atoms with Crippen LogP contribution in [-0.4, -0.2) is 37.0 Å². The number of halogens is 1. The number of hydrogen-bond donors (Lipinski definition) is 1. The molecule has 4 nitrogen and oxygen atoms in total. The van der Waals surface area contributed by atoms with Crippen molar-refractivity contribution in [3.63, 3.8) is 0 Å². The van der Waals surface area contributed by atoms with Gasteiger partial charge in [0, 0.05) is 20.5 Å².